The molecule has 3 aromatic rings. The average molecular weight is 380 g/mol. The van der Waals surface area contributed by atoms with Crippen LogP contribution in [-0.4, -0.2) is 31.7 Å². The molecule has 0 radical (unpaired) electrons. The smallest absolute Gasteiger partial charge is 0.260 e. The lowest BCUT2D eigenvalue weighted by Crippen LogP contribution is -2.29. The van der Waals surface area contributed by atoms with Gasteiger partial charge in [-0.1, -0.05) is 6.07 Å². The van der Waals surface area contributed by atoms with Crippen LogP contribution < -0.4 is 19.9 Å². The minimum Gasteiger partial charge on any atom is -0.493 e. The van der Waals surface area contributed by atoms with Gasteiger partial charge in [0.15, 0.2) is 11.5 Å². The number of amides is 1. The Bertz CT molecular complexity index is 1130. The van der Waals surface area contributed by atoms with E-state index in [-0.39, 0.29) is 11.5 Å². The number of benzene rings is 2. The number of methoxy groups -OCH3 is 2. The topological polar surface area (TPSA) is 60.8 Å². The van der Waals surface area contributed by atoms with Gasteiger partial charge in [0.2, 0.25) is 0 Å². The van der Waals surface area contributed by atoms with E-state index in [2.05, 4.69) is 0 Å². The lowest BCUT2D eigenvalue weighted by Gasteiger charge is -2.20. The molecule has 0 saturated heterocycles. The summed E-state index contributed by atoms with van der Waals surface area (Å²) >= 11 is 0. The fourth-order valence-electron chi connectivity index (χ4n) is 3.19. The number of anilines is 1. The molecule has 1 heterocycles. The van der Waals surface area contributed by atoms with Crippen molar-refractivity contribution in [3.63, 3.8) is 0 Å². The SMILES string of the molecule is COc1cc2c(C(=O)N(C)c3ccc(C)c(C)c3)cn(C)c(=O)c2cc1OC. The summed E-state index contributed by atoms with van der Waals surface area (Å²) in [6.07, 6.45) is 1.57. The van der Waals surface area contributed by atoms with E-state index >= 15 is 0 Å². The number of carbonyl (C=O) groups is 1. The largest absolute Gasteiger partial charge is 0.493 e. The molecular weight excluding hydrogens is 356 g/mol. The van der Waals surface area contributed by atoms with Crippen LogP contribution >= 0.6 is 0 Å². The van der Waals surface area contributed by atoms with Crippen molar-refractivity contribution in [2.24, 2.45) is 7.05 Å². The van der Waals surface area contributed by atoms with Crippen LogP contribution in [0, 0.1) is 13.8 Å². The summed E-state index contributed by atoms with van der Waals surface area (Å²) < 4.78 is 12.1. The molecule has 0 aliphatic rings. The van der Waals surface area contributed by atoms with E-state index < -0.39 is 0 Å². The number of fused-ring (bicyclic) bond motifs is 1. The van der Waals surface area contributed by atoms with E-state index in [0.29, 0.717) is 27.8 Å². The Morgan fingerprint density at radius 1 is 0.964 bits per heavy atom. The zero-order chi connectivity index (χ0) is 20.6. The molecule has 146 valence electrons. The summed E-state index contributed by atoms with van der Waals surface area (Å²) in [5.41, 5.74) is 3.26. The molecule has 0 bridgehead atoms. The van der Waals surface area contributed by atoms with Crippen LogP contribution in [-0.2, 0) is 7.05 Å². The number of aryl methyl sites for hydroxylation is 3. The number of hydrogen-bond acceptors (Lipinski definition) is 4. The number of ether oxygens (including phenoxy) is 2. The maximum atomic E-state index is 13.3. The fraction of sp³-hybridized carbons (Fsp3) is 0.273. The summed E-state index contributed by atoms with van der Waals surface area (Å²) in [6.45, 7) is 4.04. The lowest BCUT2D eigenvalue weighted by molar-refractivity contribution is 0.0994. The van der Waals surface area contributed by atoms with Crippen LogP contribution in [0.5, 0.6) is 11.5 Å². The number of carbonyl (C=O) groups excluding carboxylic acids is 1. The summed E-state index contributed by atoms with van der Waals surface area (Å²) in [5.74, 6) is 0.696. The van der Waals surface area contributed by atoms with E-state index in [9.17, 15) is 9.59 Å². The second-order valence-electron chi connectivity index (χ2n) is 6.84. The third-order valence-corrected chi connectivity index (χ3v) is 5.10. The molecule has 0 aliphatic heterocycles. The van der Waals surface area contributed by atoms with E-state index in [1.165, 1.54) is 18.8 Å². The monoisotopic (exact) mass is 380 g/mol. The van der Waals surface area contributed by atoms with Gasteiger partial charge in [0.1, 0.15) is 0 Å². The summed E-state index contributed by atoms with van der Waals surface area (Å²) in [6, 6.07) is 9.16. The van der Waals surface area contributed by atoms with Gasteiger partial charge in [-0.2, -0.15) is 0 Å². The first-order valence-electron chi connectivity index (χ1n) is 8.89. The molecule has 0 unspecified atom stereocenters. The third-order valence-electron chi connectivity index (χ3n) is 5.10. The summed E-state index contributed by atoms with van der Waals surface area (Å²) in [7, 11) is 6.39. The van der Waals surface area contributed by atoms with Crippen molar-refractivity contribution in [2.75, 3.05) is 26.2 Å². The molecule has 0 N–H and O–H groups in total. The van der Waals surface area contributed by atoms with E-state index in [1.807, 2.05) is 32.0 Å². The Balaban J connectivity index is 2.21. The van der Waals surface area contributed by atoms with Crippen molar-refractivity contribution in [1.29, 1.82) is 0 Å². The summed E-state index contributed by atoms with van der Waals surface area (Å²) in [4.78, 5) is 27.5. The molecule has 0 saturated carbocycles. The van der Waals surface area contributed by atoms with E-state index in [0.717, 1.165) is 16.8 Å². The van der Waals surface area contributed by atoms with Crippen LogP contribution in [0.2, 0.25) is 0 Å². The van der Waals surface area contributed by atoms with Crippen LogP contribution in [0.4, 0.5) is 5.69 Å². The van der Waals surface area contributed by atoms with Crippen LogP contribution in [0.15, 0.2) is 41.3 Å². The molecule has 3 rings (SSSR count). The molecule has 1 amide bonds. The second kappa shape index (κ2) is 7.38. The van der Waals surface area contributed by atoms with Gasteiger partial charge < -0.3 is 18.9 Å². The Morgan fingerprint density at radius 2 is 1.57 bits per heavy atom. The first kappa shape index (κ1) is 19.5. The zero-order valence-corrected chi connectivity index (χ0v) is 17.0. The van der Waals surface area contributed by atoms with Gasteiger partial charge in [-0.3, -0.25) is 9.59 Å². The molecule has 6 nitrogen and oxygen atoms in total. The van der Waals surface area contributed by atoms with Crippen molar-refractivity contribution >= 4 is 22.4 Å². The first-order valence-corrected chi connectivity index (χ1v) is 8.89. The number of pyridine rings is 1. The van der Waals surface area contributed by atoms with Crippen molar-refractivity contribution < 1.29 is 14.3 Å². The quantitative estimate of drug-likeness (QED) is 0.696. The average Bonchev–Trinajstić information content (AvgIpc) is 2.70. The Kier molecular flexibility index (Phi) is 5.14. The highest BCUT2D eigenvalue weighted by atomic mass is 16.5. The minimum absolute atomic E-state index is 0.207. The molecule has 0 aliphatic carbocycles. The van der Waals surface area contributed by atoms with Crippen molar-refractivity contribution in [3.8, 4) is 11.5 Å². The van der Waals surface area contributed by atoms with Gasteiger partial charge in [-0.15, -0.1) is 0 Å². The van der Waals surface area contributed by atoms with E-state index in [1.54, 1.807) is 37.3 Å². The number of hydrogen-bond donors (Lipinski definition) is 0. The van der Waals surface area contributed by atoms with Crippen molar-refractivity contribution in [3.05, 3.63) is 63.6 Å². The molecule has 2 aromatic carbocycles. The van der Waals surface area contributed by atoms with Gasteiger partial charge in [-0.05, 0) is 49.2 Å². The predicted octanol–water partition coefficient (Wildman–Crippen LogP) is 3.45. The standard InChI is InChI=1S/C22H24N2O4/c1-13-7-8-15(9-14(13)2)24(4)22(26)18-12-23(3)21(25)17-11-20(28-6)19(27-5)10-16(17)18/h7-12H,1-6H3. The number of aromatic nitrogens is 1. The molecule has 0 spiro atoms. The first-order chi connectivity index (χ1) is 13.3. The molecular formula is C22H24N2O4. The van der Waals surface area contributed by atoms with Crippen molar-refractivity contribution in [2.45, 2.75) is 13.8 Å². The zero-order valence-electron chi connectivity index (χ0n) is 17.0. The molecule has 0 atom stereocenters. The second-order valence-corrected chi connectivity index (χ2v) is 6.84. The minimum atomic E-state index is -0.212. The van der Waals surface area contributed by atoms with Gasteiger partial charge >= 0.3 is 0 Å². The van der Waals surface area contributed by atoms with Gasteiger partial charge in [0.05, 0.1) is 25.2 Å². The van der Waals surface area contributed by atoms with Crippen LogP contribution in [0.1, 0.15) is 21.5 Å². The highest BCUT2D eigenvalue weighted by Crippen LogP contribution is 2.33. The van der Waals surface area contributed by atoms with E-state index in [4.69, 9.17) is 9.47 Å². The normalized spacial score (nSPS) is 10.8. The van der Waals surface area contributed by atoms with Gasteiger partial charge in [0.25, 0.3) is 11.5 Å². The summed E-state index contributed by atoms with van der Waals surface area (Å²) in [5, 5.41) is 0.931. The van der Waals surface area contributed by atoms with Gasteiger partial charge in [-0.25, -0.2) is 0 Å². The Hall–Kier alpha value is -3.28. The number of nitrogens with zero attached hydrogens (tertiary/aromatic N) is 2. The third kappa shape index (κ3) is 3.22. The highest BCUT2D eigenvalue weighted by Gasteiger charge is 2.21. The predicted molar refractivity (Wildman–Crippen MR) is 111 cm³/mol. The molecule has 0 fully saturated rings. The molecule has 28 heavy (non-hydrogen) atoms. The maximum absolute atomic E-state index is 13.3. The molecule has 1 aromatic heterocycles. The lowest BCUT2D eigenvalue weighted by atomic mass is 10.0. The van der Waals surface area contributed by atoms with Crippen molar-refractivity contribution in [1.82, 2.24) is 4.57 Å². The Labute approximate surface area is 163 Å². The molecule has 6 heteroatoms. The van der Waals surface area contributed by atoms with Crippen LogP contribution in [0.3, 0.4) is 0 Å². The maximum Gasteiger partial charge on any atom is 0.260 e. The number of rotatable bonds is 4. The fourth-order valence-corrected chi connectivity index (χ4v) is 3.19. The highest BCUT2D eigenvalue weighted by molar-refractivity contribution is 6.14. The van der Waals surface area contributed by atoms with Crippen LogP contribution in [0.25, 0.3) is 10.8 Å². The Morgan fingerprint density at radius 3 is 2.14 bits per heavy atom. The van der Waals surface area contributed by atoms with Gasteiger partial charge in [0, 0.05) is 31.4 Å².